The third-order valence-electron chi connectivity index (χ3n) is 12.8. The molecule has 286 valence electrons. The number of para-hydroxylation sites is 3. The van der Waals surface area contributed by atoms with Gasteiger partial charge >= 0.3 is 0 Å². The zero-order valence-corrected chi connectivity index (χ0v) is 33.5. The Bertz CT molecular complexity index is 3360. The molecule has 0 bridgehead atoms. The molecule has 0 radical (unpaired) electrons. The summed E-state index contributed by atoms with van der Waals surface area (Å²) in [6, 6.07) is 89.1. The van der Waals surface area contributed by atoms with Crippen LogP contribution in [0.3, 0.4) is 0 Å². The molecular formula is C59H40N2. The third kappa shape index (κ3) is 5.43. The molecule has 1 aliphatic rings. The number of hydrogen-bond acceptors (Lipinski definition) is 1. The summed E-state index contributed by atoms with van der Waals surface area (Å²) in [4.78, 5) is 2.43. The Labute approximate surface area is 355 Å². The first-order valence-electron chi connectivity index (χ1n) is 21.1. The maximum absolute atomic E-state index is 2.47. The molecule has 0 saturated carbocycles. The largest absolute Gasteiger partial charge is 0.310 e. The smallest absolute Gasteiger partial charge is 0.0714 e. The molecule has 1 aromatic heterocycles. The van der Waals surface area contributed by atoms with E-state index in [1.165, 1.54) is 77.1 Å². The highest BCUT2D eigenvalue weighted by atomic mass is 15.1. The van der Waals surface area contributed by atoms with Gasteiger partial charge in [-0.05, 0) is 116 Å². The molecule has 0 aliphatic heterocycles. The van der Waals surface area contributed by atoms with Crippen LogP contribution in [-0.2, 0) is 5.41 Å². The van der Waals surface area contributed by atoms with E-state index in [0.29, 0.717) is 0 Å². The minimum Gasteiger partial charge on any atom is -0.310 e. The Morgan fingerprint density at radius 2 is 0.869 bits per heavy atom. The van der Waals surface area contributed by atoms with Crippen LogP contribution < -0.4 is 4.90 Å². The monoisotopic (exact) mass is 776 g/mol. The quantitative estimate of drug-likeness (QED) is 0.156. The van der Waals surface area contributed by atoms with E-state index < -0.39 is 5.41 Å². The molecule has 2 heteroatoms. The first-order valence-corrected chi connectivity index (χ1v) is 21.1. The van der Waals surface area contributed by atoms with Crippen molar-refractivity contribution in [2.24, 2.45) is 0 Å². The minimum absolute atomic E-state index is 0.543. The molecule has 0 unspecified atom stereocenters. The van der Waals surface area contributed by atoms with E-state index in [1.807, 2.05) is 0 Å². The summed E-state index contributed by atoms with van der Waals surface area (Å²) in [5, 5.41) is 4.92. The van der Waals surface area contributed by atoms with Crippen molar-refractivity contribution in [1.82, 2.24) is 4.57 Å². The summed E-state index contributed by atoms with van der Waals surface area (Å²) in [5.74, 6) is 0. The summed E-state index contributed by atoms with van der Waals surface area (Å²) < 4.78 is 2.44. The van der Waals surface area contributed by atoms with Gasteiger partial charge in [0.05, 0.1) is 22.1 Å². The Hall–Kier alpha value is -7.94. The van der Waals surface area contributed by atoms with Crippen LogP contribution in [0.2, 0.25) is 0 Å². The van der Waals surface area contributed by atoms with Gasteiger partial charge in [0, 0.05) is 33.4 Å². The number of benzene rings is 10. The molecule has 0 atom stereocenters. The first-order chi connectivity index (χ1) is 30.3. The molecule has 0 N–H and O–H groups in total. The maximum Gasteiger partial charge on any atom is 0.0714 e. The second-order valence-electron chi connectivity index (χ2n) is 16.1. The van der Waals surface area contributed by atoms with E-state index in [1.54, 1.807) is 0 Å². The van der Waals surface area contributed by atoms with Crippen LogP contribution in [0.25, 0.3) is 60.5 Å². The van der Waals surface area contributed by atoms with Crippen molar-refractivity contribution in [3.63, 3.8) is 0 Å². The second kappa shape index (κ2) is 14.1. The van der Waals surface area contributed by atoms with Crippen LogP contribution in [0.5, 0.6) is 0 Å². The van der Waals surface area contributed by atoms with Gasteiger partial charge in [-0.25, -0.2) is 0 Å². The molecule has 1 aliphatic carbocycles. The first kappa shape index (κ1) is 35.0. The van der Waals surface area contributed by atoms with Gasteiger partial charge in [0.1, 0.15) is 0 Å². The van der Waals surface area contributed by atoms with Crippen molar-refractivity contribution in [3.8, 4) is 27.9 Å². The highest BCUT2D eigenvalue weighted by Crippen LogP contribution is 2.58. The Kier molecular flexibility index (Phi) is 8.11. The molecule has 0 amide bonds. The zero-order chi connectivity index (χ0) is 40.3. The summed E-state index contributed by atoms with van der Waals surface area (Å²) in [5.41, 5.74) is 16.3. The van der Waals surface area contributed by atoms with E-state index in [0.717, 1.165) is 22.7 Å². The predicted octanol–water partition coefficient (Wildman–Crippen LogP) is 15.4. The summed E-state index contributed by atoms with van der Waals surface area (Å²) >= 11 is 0. The number of hydrogen-bond donors (Lipinski definition) is 0. The fourth-order valence-corrected chi connectivity index (χ4v) is 10.2. The number of fused-ring (bicyclic) bond motifs is 7. The van der Waals surface area contributed by atoms with Crippen LogP contribution in [0.1, 0.15) is 22.3 Å². The number of anilines is 3. The van der Waals surface area contributed by atoms with E-state index in [9.17, 15) is 0 Å². The van der Waals surface area contributed by atoms with Crippen LogP contribution in [-0.4, -0.2) is 4.57 Å². The van der Waals surface area contributed by atoms with Gasteiger partial charge < -0.3 is 9.47 Å². The molecule has 61 heavy (non-hydrogen) atoms. The van der Waals surface area contributed by atoms with E-state index in [-0.39, 0.29) is 0 Å². The molecule has 0 spiro atoms. The van der Waals surface area contributed by atoms with Crippen molar-refractivity contribution < 1.29 is 0 Å². The average molecular weight is 777 g/mol. The van der Waals surface area contributed by atoms with Crippen molar-refractivity contribution in [2.45, 2.75) is 5.41 Å². The van der Waals surface area contributed by atoms with Gasteiger partial charge in [-0.15, -0.1) is 0 Å². The van der Waals surface area contributed by atoms with Crippen molar-refractivity contribution >= 4 is 49.6 Å². The van der Waals surface area contributed by atoms with Crippen LogP contribution in [0.4, 0.5) is 17.1 Å². The summed E-state index contributed by atoms with van der Waals surface area (Å²) in [7, 11) is 0. The fourth-order valence-electron chi connectivity index (χ4n) is 10.2. The number of rotatable bonds is 7. The summed E-state index contributed by atoms with van der Waals surface area (Å²) in [6.07, 6.45) is 0. The lowest BCUT2D eigenvalue weighted by molar-refractivity contribution is 0.769. The molecule has 11 aromatic rings. The highest BCUT2D eigenvalue weighted by molar-refractivity contribution is 6.11. The van der Waals surface area contributed by atoms with Crippen molar-refractivity contribution in [1.29, 1.82) is 0 Å². The van der Waals surface area contributed by atoms with Crippen LogP contribution in [0.15, 0.2) is 243 Å². The maximum atomic E-state index is 2.47. The van der Waals surface area contributed by atoms with E-state index in [4.69, 9.17) is 0 Å². The lowest BCUT2D eigenvalue weighted by Gasteiger charge is -2.35. The predicted molar refractivity (Wildman–Crippen MR) is 256 cm³/mol. The topological polar surface area (TPSA) is 8.17 Å². The molecule has 0 fully saturated rings. The lowest BCUT2D eigenvalue weighted by atomic mass is 9.67. The van der Waals surface area contributed by atoms with Crippen LogP contribution in [0, 0.1) is 0 Å². The number of nitrogens with zero attached hydrogens (tertiary/aromatic N) is 2. The Morgan fingerprint density at radius 3 is 1.61 bits per heavy atom. The molecular weight excluding hydrogens is 737 g/mol. The van der Waals surface area contributed by atoms with Gasteiger partial charge in [-0.3, -0.25) is 0 Å². The molecule has 10 aromatic carbocycles. The zero-order valence-electron chi connectivity index (χ0n) is 33.5. The normalized spacial score (nSPS) is 12.7. The van der Waals surface area contributed by atoms with Gasteiger partial charge in [-0.2, -0.15) is 0 Å². The Morgan fingerprint density at radius 1 is 0.328 bits per heavy atom. The van der Waals surface area contributed by atoms with E-state index >= 15 is 0 Å². The highest BCUT2D eigenvalue weighted by Gasteiger charge is 2.46. The van der Waals surface area contributed by atoms with E-state index in [2.05, 4.69) is 252 Å². The summed E-state index contributed by atoms with van der Waals surface area (Å²) in [6.45, 7) is 0. The molecule has 1 heterocycles. The SMILES string of the molecule is c1ccc(-c2ccccc2-n2c3ccccc3c3cc(N(c4ccccc4)c4ccc5c(c4)C(c4ccccc4)(c4ccccc4)c4cc6ccccc6cc4-5)ccc32)cc1. The fraction of sp³-hybridized carbons (Fsp3) is 0.0169. The van der Waals surface area contributed by atoms with Gasteiger partial charge in [0.2, 0.25) is 0 Å². The molecule has 2 nitrogen and oxygen atoms in total. The second-order valence-corrected chi connectivity index (χ2v) is 16.1. The lowest BCUT2D eigenvalue weighted by Crippen LogP contribution is -2.28. The van der Waals surface area contributed by atoms with Crippen molar-refractivity contribution in [3.05, 3.63) is 265 Å². The van der Waals surface area contributed by atoms with Gasteiger partial charge in [0.25, 0.3) is 0 Å². The molecule has 0 saturated heterocycles. The van der Waals surface area contributed by atoms with Gasteiger partial charge in [-0.1, -0.05) is 176 Å². The average Bonchev–Trinajstić information content (AvgIpc) is 3.81. The van der Waals surface area contributed by atoms with Crippen LogP contribution >= 0.6 is 0 Å². The molecule has 12 rings (SSSR count). The number of aromatic nitrogens is 1. The van der Waals surface area contributed by atoms with Crippen molar-refractivity contribution in [2.75, 3.05) is 4.90 Å². The standard InChI is InChI=1S/C59H40N2/c1-5-19-41(20-6-1)49-29-15-17-31-56(49)61-57-32-18-16-30-51(57)53-39-47(34-36-58(53)61)60(46-27-11-4-12-28-46)48-33-35-50-52-37-42-21-13-14-22-43(42)38-54(52)59(55(50)40-48,44-23-7-2-8-24-44)45-25-9-3-10-26-45/h1-40H. The minimum atomic E-state index is -0.543. The Balaban J connectivity index is 1.11. The van der Waals surface area contributed by atoms with Gasteiger partial charge in [0.15, 0.2) is 0 Å². The third-order valence-corrected chi connectivity index (χ3v) is 12.8.